The molecule has 9 aromatic rings. The lowest BCUT2D eigenvalue weighted by molar-refractivity contribution is 0.768. The fourth-order valence-corrected chi connectivity index (χ4v) is 9.41. The predicted molar refractivity (Wildman–Crippen MR) is 217 cm³/mol. The molecule has 1 aliphatic rings. The summed E-state index contributed by atoms with van der Waals surface area (Å²) in [6.45, 7) is 0. The van der Waals surface area contributed by atoms with Gasteiger partial charge in [-0.05, 0) is 93.0 Å². The van der Waals surface area contributed by atoms with Crippen LogP contribution in [-0.2, 0) is 5.41 Å². The Bertz CT molecular complexity index is 2650. The highest BCUT2D eigenvalue weighted by molar-refractivity contribution is 7.25. The zero-order valence-electron chi connectivity index (χ0n) is 27.9. The van der Waals surface area contributed by atoms with Gasteiger partial charge in [0.15, 0.2) is 0 Å². The van der Waals surface area contributed by atoms with E-state index in [4.69, 9.17) is 0 Å². The number of benzene rings is 8. The summed E-state index contributed by atoms with van der Waals surface area (Å²) in [5.41, 5.74) is 13.0. The monoisotopic (exact) mass is 667 g/mol. The van der Waals surface area contributed by atoms with Gasteiger partial charge in [-0.2, -0.15) is 0 Å². The minimum Gasteiger partial charge on any atom is -0.310 e. The van der Waals surface area contributed by atoms with E-state index in [-0.39, 0.29) is 0 Å². The molecule has 0 saturated heterocycles. The third-order valence-electron chi connectivity index (χ3n) is 10.5. The fraction of sp³-hybridized carbons (Fsp3) is 0.0204. The second-order valence-corrected chi connectivity index (χ2v) is 14.4. The molecule has 1 aliphatic carbocycles. The molecule has 0 bridgehead atoms. The highest BCUT2D eigenvalue weighted by atomic mass is 32.1. The molecule has 1 nitrogen and oxygen atoms in total. The van der Waals surface area contributed by atoms with E-state index in [0.29, 0.717) is 0 Å². The van der Waals surface area contributed by atoms with Crippen LogP contribution in [-0.4, -0.2) is 0 Å². The largest absolute Gasteiger partial charge is 0.310 e. The fourth-order valence-electron chi connectivity index (χ4n) is 8.33. The summed E-state index contributed by atoms with van der Waals surface area (Å²) in [4.78, 5) is 2.45. The van der Waals surface area contributed by atoms with Gasteiger partial charge >= 0.3 is 0 Å². The Morgan fingerprint density at radius 1 is 0.353 bits per heavy atom. The average molecular weight is 668 g/mol. The van der Waals surface area contributed by atoms with E-state index in [1.165, 1.54) is 64.7 Å². The van der Waals surface area contributed by atoms with Crippen LogP contribution >= 0.6 is 11.3 Å². The van der Waals surface area contributed by atoms with Gasteiger partial charge < -0.3 is 4.90 Å². The van der Waals surface area contributed by atoms with Crippen LogP contribution in [0.3, 0.4) is 0 Å². The molecule has 0 amide bonds. The molecule has 0 radical (unpaired) electrons. The molecule has 0 fully saturated rings. The van der Waals surface area contributed by atoms with Crippen molar-refractivity contribution in [2.45, 2.75) is 5.41 Å². The Kier molecular flexibility index (Phi) is 6.97. The van der Waals surface area contributed by atoms with Crippen molar-refractivity contribution in [1.82, 2.24) is 0 Å². The first-order valence-corrected chi connectivity index (χ1v) is 18.3. The van der Waals surface area contributed by atoms with Crippen LogP contribution < -0.4 is 4.90 Å². The summed E-state index contributed by atoms with van der Waals surface area (Å²) in [6.07, 6.45) is 0. The SMILES string of the molecule is c1ccc(-c2cccc(N(c3ccc4c(c3)C(c3ccccc3)(c3ccccc3)c3ccccc3-4)c3ccc4sc5ccccc5c4c3)c2)cc1. The molecule has 1 aromatic heterocycles. The first-order chi connectivity index (χ1) is 25.3. The Morgan fingerprint density at radius 3 is 1.71 bits per heavy atom. The quantitative estimate of drug-likeness (QED) is 0.171. The standard InChI is InChI=1S/C49H33NS/c1-4-15-34(16-5-1)35-17-14-22-38(31-35)50(39-28-30-48-44(32-39)43-24-11-13-26-47(43)51-48)40-27-29-42-41-23-10-12-25-45(41)49(46(42)33-40,36-18-6-2-7-19-36)37-20-8-3-9-21-37/h1-33H. The maximum absolute atomic E-state index is 2.46. The second-order valence-electron chi connectivity index (χ2n) is 13.3. The smallest absolute Gasteiger partial charge is 0.0714 e. The molecule has 2 heteroatoms. The van der Waals surface area contributed by atoms with Crippen molar-refractivity contribution in [2.24, 2.45) is 0 Å². The van der Waals surface area contributed by atoms with Gasteiger partial charge in [0.2, 0.25) is 0 Å². The van der Waals surface area contributed by atoms with Gasteiger partial charge in [0, 0.05) is 37.2 Å². The lowest BCUT2D eigenvalue weighted by Crippen LogP contribution is -2.28. The van der Waals surface area contributed by atoms with E-state index in [2.05, 4.69) is 205 Å². The highest BCUT2D eigenvalue weighted by Gasteiger charge is 2.46. The topological polar surface area (TPSA) is 3.24 Å². The van der Waals surface area contributed by atoms with Crippen molar-refractivity contribution >= 4 is 48.6 Å². The molecule has 1 heterocycles. The van der Waals surface area contributed by atoms with Crippen molar-refractivity contribution in [3.05, 3.63) is 222 Å². The van der Waals surface area contributed by atoms with E-state index in [0.717, 1.165) is 17.1 Å². The molecule has 0 spiro atoms. The lowest BCUT2D eigenvalue weighted by Gasteiger charge is -2.35. The number of fused-ring (bicyclic) bond motifs is 6. The second kappa shape index (κ2) is 12.0. The van der Waals surface area contributed by atoms with Crippen LogP contribution in [0.2, 0.25) is 0 Å². The average Bonchev–Trinajstić information content (AvgIpc) is 3.72. The summed E-state index contributed by atoms with van der Waals surface area (Å²) in [5.74, 6) is 0. The van der Waals surface area contributed by atoms with Gasteiger partial charge in [-0.15, -0.1) is 11.3 Å². The van der Waals surface area contributed by atoms with Crippen molar-refractivity contribution in [3.63, 3.8) is 0 Å². The highest BCUT2D eigenvalue weighted by Crippen LogP contribution is 2.57. The van der Waals surface area contributed by atoms with Gasteiger partial charge in [-0.3, -0.25) is 0 Å². The number of hydrogen-bond donors (Lipinski definition) is 0. The minimum atomic E-state index is -0.477. The number of hydrogen-bond acceptors (Lipinski definition) is 2. The van der Waals surface area contributed by atoms with Gasteiger partial charge in [0.25, 0.3) is 0 Å². The zero-order chi connectivity index (χ0) is 33.8. The number of rotatable bonds is 6. The molecular weight excluding hydrogens is 635 g/mol. The molecule has 0 saturated carbocycles. The summed E-state index contributed by atoms with van der Waals surface area (Å²) < 4.78 is 2.61. The zero-order valence-corrected chi connectivity index (χ0v) is 28.7. The predicted octanol–water partition coefficient (Wildman–Crippen LogP) is 13.6. The molecule has 0 atom stereocenters. The van der Waals surface area contributed by atoms with E-state index < -0.39 is 5.41 Å². The van der Waals surface area contributed by atoms with E-state index in [9.17, 15) is 0 Å². The summed E-state index contributed by atoms with van der Waals surface area (Å²) in [5, 5.41) is 2.59. The molecule has 8 aromatic carbocycles. The van der Waals surface area contributed by atoms with E-state index in [1.807, 2.05) is 11.3 Å². The first-order valence-electron chi connectivity index (χ1n) is 17.5. The van der Waals surface area contributed by atoms with Crippen LogP contribution in [0.25, 0.3) is 42.4 Å². The van der Waals surface area contributed by atoms with Crippen molar-refractivity contribution < 1.29 is 0 Å². The Labute approximate surface area is 302 Å². The molecule has 0 aliphatic heterocycles. The summed E-state index contributed by atoms with van der Waals surface area (Å²) >= 11 is 1.86. The molecule has 10 rings (SSSR count). The normalized spacial score (nSPS) is 12.9. The summed E-state index contributed by atoms with van der Waals surface area (Å²) in [6, 6.07) is 73.6. The van der Waals surface area contributed by atoms with Crippen LogP contribution in [0.5, 0.6) is 0 Å². The van der Waals surface area contributed by atoms with Gasteiger partial charge in [0.1, 0.15) is 0 Å². The van der Waals surface area contributed by atoms with E-state index in [1.54, 1.807) is 0 Å². The van der Waals surface area contributed by atoms with Crippen molar-refractivity contribution in [2.75, 3.05) is 4.90 Å². The van der Waals surface area contributed by atoms with Crippen LogP contribution in [0, 0.1) is 0 Å². The third-order valence-corrected chi connectivity index (χ3v) is 11.7. The number of anilines is 3. The van der Waals surface area contributed by atoms with Gasteiger partial charge in [0.05, 0.1) is 5.41 Å². The molecule has 51 heavy (non-hydrogen) atoms. The first kappa shape index (κ1) is 29.7. The van der Waals surface area contributed by atoms with Crippen LogP contribution in [0.4, 0.5) is 17.1 Å². The number of thiophene rings is 1. The Balaban J connectivity index is 1.25. The van der Waals surface area contributed by atoms with Gasteiger partial charge in [-0.1, -0.05) is 152 Å². The third kappa shape index (κ3) is 4.68. The van der Waals surface area contributed by atoms with Crippen LogP contribution in [0.1, 0.15) is 22.3 Å². The Morgan fingerprint density at radius 2 is 0.922 bits per heavy atom. The molecule has 240 valence electrons. The lowest BCUT2D eigenvalue weighted by atomic mass is 9.67. The van der Waals surface area contributed by atoms with Crippen molar-refractivity contribution in [3.8, 4) is 22.3 Å². The Hall–Kier alpha value is -6.22. The molecule has 0 unspecified atom stereocenters. The van der Waals surface area contributed by atoms with Gasteiger partial charge in [-0.25, -0.2) is 0 Å². The molecular formula is C49H33NS. The van der Waals surface area contributed by atoms with Crippen molar-refractivity contribution in [1.29, 1.82) is 0 Å². The minimum absolute atomic E-state index is 0.477. The van der Waals surface area contributed by atoms with Crippen LogP contribution in [0.15, 0.2) is 200 Å². The maximum atomic E-state index is 2.46. The van der Waals surface area contributed by atoms with E-state index >= 15 is 0 Å². The summed E-state index contributed by atoms with van der Waals surface area (Å²) in [7, 11) is 0. The molecule has 0 N–H and O–H groups in total. The maximum Gasteiger partial charge on any atom is 0.0714 e. The number of nitrogens with zero attached hydrogens (tertiary/aromatic N) is 1.